The number of rotatable bonds is 5. The number of hydrogen-bond acceptors (Lipinski definition) is 7. The van der Waals surface area contributed by atoms with Crippen LogP contribution in [0.5, 0.6) is 0 Å². The number of nitrogens with zero attached hydrogens (tertiary/aromatic N) is 7. The molecule has 10 nitrogen and oxygen atoms in total. The van der Waals surface area contributed by atoms with Crippen LogP contribution in [-0.2, 0) is 20.1 Å². The molecule has 11 heteroatoms. The van der Waals surface area contributed by atoms with Gasteiger partial charge in [-0.05, 0) is 32.8 Å². The van der Waals surface area contributed by atoms with E-state index in [1.807, 2.05) is 41.8 Å². The van der Waals surface area contributed by atoms with Gasteiger partial charge in [0.25, 0.3) is 5.56 Å². The summed E-state index contributed by atoms with van der Waals surface area (Å²) in [5.41, 5.74) is 7.52. The average Bonchev–Trinajstić information content (AvgIpc) is 3.24. The highest BCUT2D eigenvalue weighted by atomic mass is 35.5. The molecule has 4 aromatic rings. The van der Waals surface area contributed by atoms with Crippen LogP contribution in [0, 0.1) is 6.92 Å². The van der Waals surface area contributed by atoms with E-state index in [-0.39, 0.29) is 12.6 Å². The van der Waals surface area contributed by atoms with Crippen LogP contribution in [0.4, 0.5) is 5.95 Å². The lowest BCUT2D eigenvalue weighted by Gasteiger charge is -2.31. The minimum Gasteiger partial charge on any atom is -0.341 e. The maximum absolute atomic E-state index is 13.8. The molecule has 1 aromatic carbocycles. The molecule has 36 heavy (non-hydrogen) atoms. The smallest absolute Gasteiger partial charge is 0.332 e. The number of imidazole rings is 1. The summed E-state index contributed by atoms with van der Waals surface area (Å²) in [4.78, 5) is 43.1. The van der Waals surface area contributed by atoms with Gasteiger partial charge in [-0.2, -0.15) is 4.98 Å². The summed E-state index contributed by atoms with van der Waals surface area (Å²) in [6.07, 6.45) is 3.69. The fraction of sp³-hybridized carbons (Fsp3) is 0.400. The zero-order valence-electron chi connectivity index (χ0n) is 20.6. The first-order valence-corrected chi connectivity index (χ1v) is 12.4. The van der Waals surface area contributed by atoms with Crippen LogP contribution in [0.25, 0.3) is 22.1 Å². The Balaban J connectivity index is 1.69. The monoisotopic (exact) mass is 508 g/mol. The Morgan fingerprint density at radius 1 is 1.19 bits per heavy atom. The lowest BCUT2D eigenvalue weighted by Crippen LogP contribution is -2.44. The van der Waals surface area contributed by atoms with Crippen molar-refractivity contribution in [3.05, 3.63) is 67.7 Å². The summed E-state index contributed by atoms with van der Waals surface area (Å²) in [5.74, 6) is 1.01. The number of halogens is 1. The third-order valence-corrected chi connectivity index (χ3v) is 6.80. The van der Waals surface area contributed by atoms with Gasteiger partial charge in [-0.25, -0.2) is 14.8 Å². The highest BCUT2D eigenvalue weighted by molar-refractivity contribution is 6.29. The summed E-state index contributed by atoms with van der Waals surface area (Å²) < 4.78 is 4.41. The highest BCUT2D eigenvalue weighted by Crippen LogP contribution is 2.23. The lowest BCUT2D eigenvalue weighted by molar-refractivity contribution is 0.495. The molecular weight excluding hydrogens is 480 g/mol. The second-order valence-electron chi connectivity index (χ2n) is 9.31. The predicted molar refractivity (Wildman–Crippen MR) is 142 cm³/mol. The minimum absolute atomic E-state index is 0.0195. The number of aromatic nitrogens is 6. The molecule has 0 saturated carbocycles. The molecule has 0 spiro atoms. The Kier molecular flexibility index (Phi) is 6.40. The molecule has 1 atom stereocenters. The largest absolute Gasteiger partial charge is 0.341 e. The average molecular weight is 509 g/mol. The van der Waals surface area contributed by atoms with Crippen molar-refractivity contribution in [2.45, 2.75) is 45.8 Å². The van der Waals surface area contributed by atoms with E-state index in [2.05, 4.69) is 14.9 Å². The number of allylic oxidation sites excluding steroid dienone is 2. The van der Waals surface area contributed by atoms with E-state index in [1.54, 1.807) is 14.0 Å². The number of para-hydroxylation sites is 1. The predicted octanol–water partition coefficient (Wildman–Crippen LogP) is 2.27. The zero-order valence-corrected chi connectivity index (χ0v) is 21.4. The molecule has 2 N–H and O–H groups in total. The van der Waals surface area contributed by atoms with Crippen molar-refractivity contribution in [1.29, 1.82) is 0 Å². The fourth-order valence-corrected chi connectivity index (χ4v) is 4.90. The van der Waals surface area contributed by atoms with E-state index in [4.69, 9.17) is 22.3 Å². The molecule has 0 bridgehead atoms. The Hall–Kier alpha value is -3.50. The van der Waals surface area contributed by atoms with Gasteiger partial charge in [0.2, 0.25) is 5.95 Å². The van der Waals surface area contributed by atoms with Crippen LogP contribution in [-0.4, -0.2) is 47.8 Å². The maximum atomic E-state index is 13.8. The van der Waals surface area contributed by atoms with Crippen LogP contribution in [0.2, 0.25) is 0 Å². The van der Waals surface area contributed by atoms with Crippen molar-refractivity contribution in [2.75, 3.05) is 18.0 Å². The van der Waals surface area contributed by atoms with Crippen molar-refractivity contribution < 1.29 is 0 Å². The van der Waals surface area contributed by atoms with E-state index in [0.29, 0.717) is 41.1 Å². The molecule has 1 fully saturated rings. The SMILES string of the molecule is C/C(Cl)=C\Cn1c(N2CCCC(N)C2)nc2c1c(=O)n(Cc1nc(C)c3ccccc3n1)c(=O)n2C. The first kappa shape index (κ1) is 24.2. The number of aryl methyl sites for hydroxylation is 2. The van der Waals surface area contributed by atoms with Crippen LogP contribution in [0.3, 0.4) is 0 Å². The Morgan fingerprint density at radius 2 is 1.97 bits per heavy atom. The van der Waals surface area contributed by atoms with Crippen LogP contribution < -0.4 is 21.9 Å². The van der Waals surface area contributed by atoms with Crippen molar-refractivity contribution in [3.63, 3.8) is 0 Å². The van der Waals surface area contributed by atoms with Gasteiger partial charge in [0, 0.05) is 48.8 Å². The van der Waals surface area contributed by atoms with Crippen LogP contribution >= 0.6 is 11.6 Å². The third kappa shape index (κ3) is 4.31. The number of nitrogens with two attached hydrogens (primary N) is 1. The maximum Gasteiger partial charge on any atom is 0.332 e. The van der Waals surface area contributed by atoms with Crippen molar-refractivity contribution in [1.82, 2.24) is 28.7 Å². The number of anilines is 1. The second-order valence-corrected chi connectivity index (χ2v) is 9.91. The minimum atomic E-state index is -0.475. The van der Waals surface area contributed by atoms with Crippen LogP contribution in [0.1, 0.15) is 31.3 Å². The van der Waals surface area contributed by atoms with E-state index in [9.17, 15) is 9.59 Å². The molecule has 1 aliphatic heterocycles. The van der Waals surface area contributed by atoms with Gasteiger partial charge in [-0.3, -0.25) is 13.9 Å². The summed E-state index contributed by atoms with van der Waals surface area (Å²) in [7, 11) is 1.62. The molecule has 4 heterocycles. The van der Waals surface area contributed by atoms with Crippen molar-refractivity contribution >= 4 is 39.6 Å². The number of benzene rings is 1. The van der Waals surface area contributed by atoms with Gasteiger partial charge in [0.15, 0.2) is 11.2 Å². The molecule has 3 aromatic heterocycles. The molecular formula is C25H29ClN8O2. The molecule has 0 amide bonds. The topological polar surface area (TPSA) is 117 Å². The quantitative estimate of drug-likeness (QED) is 0.439. The molecule has 0 radical (unpaired) electrons. The molecule has 1 saturated heterocycles. The van der Waals surface area contributed by atoms with Crippen molar-refractivity contribution in [2.24, 2.45) is 12.8 Å². The zero-order chi connectivity index (χ0) is 25.6. The first-order chi connectivity index (χ1) is 17.2. The van der Waals surface area contributed by atoms with Gasteiger partial charge in [-0.15, -0.1) is 0 Å². The van der Waals surface area contributed by atoms with E-state index < -0.39 is 11.2 Å². The number of fused-ring (bicyclic) bond motifs is 2. The van der Waals surface area contributed by atoms with E-state index in [1.165, 1.54) is 9.13 Å². The van der Waals surface area contributed by atoms with Gasteiger partial charge in [0.1, 0.15) is 5.82 Å². The second kappa shape index (κ2) is 9.51. The molecule has 0 aliphatic carbocycles. The Bertz CT molecular complexity index is 1610. The number of hydrogen-bond donors (Lipinski definition) is 1. The van der Waals surface area contributed by atoms with E-state index in [0.717, 1.165) is 36.0 Å². The lowest BCUT2D eigenvalue weighted by atomic mass is 10.1. The standard InChI is InChI=1S/C25H29ClN8O2/c1-15(26)10-12-33-21-22(30-24(33)32-11-6-7-17(27)13-32)31(3)25(36)34(23(21)35)14-20-28-16(2)18-8-4-5-9-19(18)29-20/h4-5,8-10,17H,6-7,11-14,27H2,1-3H3/b15-10+. The first-order valence-electron chi connectivity index (χ1n) is 12.0. The summed E-state index contributed by atoms with van der Waals surface area (Å²) in [6, 6.07) is 7.69. The van der Waals surface area contributed by atoms with Gasteiger partial charge in [0.05, 0.1) is 12.1 Å². The Morgan fingerprint density at radius 3 is 2.72 bits per heavy atom. The number of piperidine rings is 1. The summed E-state index contributed by atoms with van der Waals surface area (Å²) >= 11 is 6.14. The molecule has 1 unspecified atom stereocenters. The van der Waals surface area contributed by atoms with Gasteiger partial charge < -0.3 is 15.2 Å². The molecule has 188 valence electrons. The normalized spacial score (nSPS) is 16.9. The molecule has 1 aliphatic rings. The summed E-state index contributed by atoms with van der Waals surface area (Å²) in [5, 5.41) is 1.53. The Labute approximate surface area is 212 Å². The van der Waals surface area contributed by atoms with Crippen LogP contribution in [0.15, 0.2) is 45.0 Å². The van der Waals surface area contributed by atoms with Crippen molar-refractivity contribution in [3.8, 4) is 0 Å². The van der Waals surface area contributed by atoms with E-state index >= 15 is 0 Å². The summed E-state index contributed by atoms with van der Waals surface area (Å²) in [6.45, 7) is 5.36. The molecule has 5 rings (SSSR count). The van der Waals surface area contributed by atoms with Gasteiger partial charge >= 0.3 is 5.69 Å². The highest BCUT2D eigenvalue weighted by Gasteiger charge is 2.26. The van der Waals surface area contributed by atoms with Gasteiger partial charge in [-0.1, -0.05) is 35.9 Å². The fourth-order valence-electron chi connectivity index (χ4n) is 4.83. The third-order valence-electron chi connectivity index (χ3n) is 6.65.